The maximum absolute atomic E-state index is 14.7. The highest BCUT2D eigenvalue weighted by Gasteiger charge is 2.34. The number of hydrogen-bond acceptors (Lipinski definition) is 4. The molecule has 4 rings (SSSR count). The summed E-state index contributed by atoms with van der Waals surface area (Å²) in [5.74, 6) is -1.59. The number of aromatic nitrogens is 1. The minimum absolute atomic E-state index is 0. The Morgan fingerprint density at radius 1 is 1.13 bits per heavy atom. The Labute approximate surface area is 186 Å². The maximum Gasteiger partial charge on any atom is 0.256 e. The van der Waals surface area contributed by atoms with Gasteiger partial charge in [-0.15, -0.1) is 12.4 Å². The van der Waals surface area contributed by atoms with Crippen LogP contribution in [-0.4, -0.2) is 54.4 Å². The van der Waals surface area contributed by atoms with Crippen molar-refractivity contribution in [2.75, 3.05) is 37.6 Å². The number of hydrogen-bond donors (Lipinski definition) is 1. The highest BCUT2D eigenvalue weighted by atomic mass is 35.5. The fourth-order valence-corrected chi connectivity index (χ4v) is 4.18. The van der Waals surface area contributed by atoms with Crippen molar-refractivity contribution in [2.45, 2.75) is 19.8 Å². The van der Waals surface area contributed by atoms with Gasteiger partial charge in [-0.25, -0.2) is 13.8 Å². The molecule has 2 fully saturated rings. The zero-order chi connectivity index (χ0) is 21.4. The monoisotopic (exact) mass is 450 g/mol. The highest BCUT2D eigenvalue weighted by Crippen LogP contribution is 2.30. The van der Waals surface area contributed by atoms with E-state index in [1.807, 2.05) is 6.92 Å². The summed E-state index contributed by atoms with van der Waals surface area (Å²) in [6, 6.07) is 5.84. The second-order valence-electron chi connectivity index (χ2n) is 8.04. The van der Waals surface area contributed by atoms with Gasteiger partial charge in [0.15, 0.2) is 11.6 Å². The van der Waals surface area contributed by atoms with Gasteiger partial charge in [-0.05, 0) is 42.2 Å². The number of nitrogens with one attached hydrogen (secondary N) is 1. The predicted molar refractivity (Wildman–Crippen MR) is 116 cm³/mol. The molecular weight excluding hydrogens is 426 g/mol. The van der Waals surface area contributed by atoms with Crippen molar-refractivity contribution in [1.82, 2.24) is 15.2 Å². The summed E-state index contributed by atoms with van der Waals surface area (Å²) in [7, 11) is 0. The molecule has 1 unspecified atom stereocenters. The Bertz CT molecular complexity index is 995. The second-order valence-corrected chi connectivity index (χ2v) is 8.04. The average molecular weight is 451 g/mol. The van der Waals surface area contributed by atoms with Crippen LogP contribution in [0, 0.1) is 24.5 Å². The number of carbonyl (C=O) groups is 2. The molecule has 0 saturated carbocycles. The lowest BCUT2D eigenvalue weighted by Gasteiger charge is -2.35. The normalized spacial score (nSPS) is 21.0. The molecule has 31 heavy (non-hydrogen) atoms. The fraction of sp³-hybridized carbons (Fsp3) is 0.409. The first-order valence-corrected chi connectivity index (χ1v) is 10.1. The molecule has 2 atom stereocenters. The first-order valence-electron chi connectivity index (χ1n) is 10.1. The van der Waals surface area contributed by atoms with E-state index in [0.717, 1.165) is 5.56 Å². The molecule has 2 aromatic rings. The van der Waals surface area contributed by atoms with Gasteiger partial charge in [0, 0.05) is 38.9 Å². The van der Waals surface area contributed by atoms with Crippen LogP contribution in [0.1, 0.15) is 34.3 Å². The van der Waals surface area contributed by atoms with Crippen LogP contribution in [0.2, 0.25) is 0 Å². The van der Waals surface area contributed by atoms with Crippen LogP contribution in [0.4, 0.5) is 14.6 Å². The van der Waals surface area contributed by atoms with Crippen molar-refractivity contribution in [3.8, 4) is 0 Å². The van der Waals surface area contributed by atoms with Crippen LogP contribution in [0.25, 0.3) is 0 Å². The third kappa shape index (κ3) is 4.49. The molecular formula is C22H25ClF2N4O2. The molecule has 2 saturated heterocycles. The fourth-order valence-electron chi connectivity index (χ4n) is 4.18. The van der Waals surface area contributed by atoms with Gasteiger partial charge >= 0.3 is 0 Å². The number of rotatable bonds is 3. The molecule has 2 aliphatic heterocycles. The summed E-state index contributed by atoms with van der Waals surface area (Å²) >= 11 is 0. The summed E-state index contributed by atoms with van der Waals surface area (Å²) < 4.78 is 28.9. The topological polar surface area (TPSA) is 65.5 Å². The highest BCUT2D eigenvalue weighted by molar-refractivity contribution is 5.95. The van der Waals surface area contributed by atoms with Gasteiger partial charge in [-0.2, -0.15) is 0 Å². The number of pyridine rings is 1. The van der Waals surface area contributed by atoms with E-state index in [0.29, 0.717) is 38.3 Å². The minimum atomic E-state index is -0.627. The Morgan fingerprint density at radius 2 is 1.84 bits per heavy atom. The third-order valence-electron chi connectivity index (χ3n) is 5.86. The molecule has 1 aromatic carbocycles. The molecule has 1 aromatic heterocycles. The number of benzene rings is 1. The minimum Gasteiger partial charge on any atom is -0.355 e. The molecule has 6 nitrogen and oxygen atoms in total. The lowest BCUT2D eigenvalue weighted by molar-refractivity contribution is -0.120. The molecule has 2 amide bonds. The summed E-state index contributed by atoms with van der Waals surface area (Å²) in [4.78, 5) is 32.4. The summed E-state index contributed by atoms with van der Waals surface area (Å²) in [5, 5.41) is 2.78. The number of halogens is 3. The largest absolute Gasteiger partial charge is 0.355 e. The Balaban J connectivity index is 0.00000272. The Hall–Kier alpha value is -2.74. The molecule has 1 N–H and O–H groups in total. The predicted octanol–water partition coefficient (Wildman–Crippen LogP) is 2.90. The van der Waals surface area contributed by atoms with Gasteiger partial charge in [-0.3, -0.25) is 9.59 Å². The molecule has 0 spiro atoms. The van der Waals surface area contributed by atoms with E-state index < -0.39 is 17.6 Å². The molecule has 0 bridgehead atoms. The Kier molecular flexibility index (Phi) is 6.79. The van der Waals surface area contributed by atoms with Crippen LogP contribution in [0.15, 0.2) is 30.5 Å². The number of amides is 2. The van der Waals surface area contributed by atoms with Crippen LogP contribution in [0.5, 0.6) is 0 Å². The zero-order valence-electron chi connectivity index (χ0n) is 17.4. The number of nitrogens with zero attached hydrogens (tertiary/aromatic N) is 3. The first kappa shape index (κ1) is 22.9. The van der Waals surface area contributed by atoms with Gasteiger partial charge in [0.1, 0.15) is 5.82 Å². The lowest BCUT2D eigenvalue weighted by Crippen LogP contribution is -2.49. The molecule has 0 aliphatic carbocycles. The number of aryl methyl sites for hydroxylation is 1. The van der Waals surface area contributed by atoms with E-state index in [4.69, 9.17) is 0 Å². The number of anilines is 1. The molecule has 3 heterocycles. The summed E-state index contributed by atoms with van der Waals surface area (Å²) in [5.41, 5.74) is 1.31. The maximum atomic E-state index is 14.7. The van der Waals surface area contributed by atoms with Gasteiger partial charge in [0.2, 0.25) is 5.91 Å². The van der Waals surface area contributed by atoms with Crippen molar-refractivity contribution in [3.05, 3.63) is 58.8 Å². The van der Waals surface area contributed by atoms with Gasteiger partial charge < -0.3 is 15.1 Å². The van der Waals surface area contributed by atoms with E-state index in [1.165, 1.54) is 18.2 Å². The van der Waals surface area contributed by atoms with E-state index >= 15 is 0 Å². The SMILES string of the molecule is Cc1cnc(N2CCN(C(=O)c3ccc([C@@H]4C(=O)NCC4C)cc3F)CC2)c(F)c1.Cl. The van der Waals surface area contributed by atoms with Gasteiger partial charge in [0.25, 0.3) is 5.91 Å². The number of piperazine rings is 1. The first-order chi connectivity index (χ1) is 14.3. The Morgan fingerprint density at radius 3 is 2.42 bits per heavy atom. The second kappa shape index (κ2) is 9.18. The number of carbonyl (C=O) groups excluding carboxylic acids is 2. The van der Waals surface area contributed by atoms with Crippen molar-refractivity contribution in [1.29, 1.82) is 0 Å². The van der Waals surface area contributed by atoms with Crippen molar-refractivity contribution in [2.24, 2.45) is 5.92 Å². The zero-order valence-corrected chi connectivity index (χ0v) is 18.2. The third-order valence-corrected chi connectivity index (χ3v) is 5.86. The average Bonchev–Trinajstić information content (AvgIpc) is 3.06. The molecule has 2 aliphatic rings. The van der Waals surface area contributed by atoms with Crippen LogP contribution in [-0.2, 0) is 4.79 Å². The molecule has 9 heteroatoms. The van der Waals surface area contributed by atoms with Crippen LogP contribution >= 0.6 is 12.4 Å². The summed E-state index contributed by atoms with van der Waals surface area (Å²) in [6.07, 6.45) is 1.61. The molecule has 166 valence electrons. The van der Waals surface area contributed by atoms with Crippen molar-refractivity contribution < 1.29 is 18.4 Å². The van der Waals surface area contributed by atoms with Crippen molar-refractivity contribution in [3.63, 3.8) is 0 Å². The molecule has 0 radical (unpaired) electrons. The standard InChI is InChI=1S/C22H24F2N4O2.ClH/c1-13-9-18(24)20(25-11-13)27-5-7-28(8-6-27)22(30)16-4-3-15(10-17(16)23)19-14(2)12-26-21(19)29;/h3-4,9-11,14,19H,5-8,12H2,1-2H3,(H,26,29);1H/t14?,19-;/m1./s1. The van der Waals surface area contributed by atoms with Crippen molar-refractivity contribution >= 4 is 30.0 Å². The lowest BCUT2D eigenvalue weighted by atomic mass is 9.89. The smallest absolute Gasteiger partial charge is 0.256 e. The van der Waals surface area contributed by atoms with E-state index in [1.54, 1.807) is 29.0 Å². The quantitative estimate of drug-likeness (QED) is 0.781. The summed E-state index contributed by atoms with van der Waals surface area (Å²) in [6.45, 7) is 5.79. The van der Waals surface area contributed by atoms with Crippen LogP contribution < -0.4 is 10.2 Å². The van der Waals surface area contributed by atoms with E-state index in [-0.39, 0.29) is 41.4 Å². The van der Waals surface area contributed by atoms with E-state index in [2.05, 4.69) is 10.3 Å². The van der Waals surface area contributed by atoms with Gasteiger partial charge in [0.05, 0.1) is 11.5 Å². The van der Waals surface area contributed by atoms with Gasteiger partial charge in [-0.1, -0.05) is 13.0 Å². The van der Waals surface area contributed by atoms with Crippen LogP contribution in [0.3, 0.4) is 0 Å². The van der Waals surface area contributed by atoms with E-state index in [9.17, 15) is 18.4 Å².